The van der Waals surface area contributed by atoms with Crippen LogP contribution in [0.2, 0.25) is 0 Å². The van der Waals surface area contributed by atoms with E-state index in [1.165, 1.54) is 36.1 Å². The third-order valence-electron chi connectivity index (χ3n) is 3.47. The third-order valence-corrected chi connectivity index (χ3v) is 3.47. The van der Waals surface area contributed by atoms with Crippen LogP contribution in [0.3, 0.4) is 0 Å². The summed E-state index contributed by atoms with van der Waals surface area (Å²) in [5.74, 6) is -2.15. The van der Waals surface area contributed by atoms with Gasteiger partial charge < -0.3 is 14.3 Å². The molecular formula is C16H14FNO5. The van der Waals surface area contributed by atoms with Gasteiger partial charge in [0.1, 0.15) is 5.82 Å². The fourth-order valence-electron chi connectivity index (χ4n) is 2.50. The van der Waals surface area contributed by atoms with Crippen LogP contribution in [-0.4, -0.2) is 23.5 Å². The molecule has 0 atom stereocenters. The van der Waals surface area contributed by atoms with Crippen LogP contribution in [0.1, 0.15) is 19.8 Å². The van der Waals surface area contributed by atoms with E-state index in [0.717, 1.165) is 0 Å². The molecule has 1 saturated heterocycles. The zero-order valence-corrected chi connectivity index (χ0v) is 12.3. The number of benzene rings is 1. The maximum atomic E-state index is 13.4. The number of anilines is 1. The molecule has 0 unspecified atom stereocenters. The van der Waals surface area contributed by atoms with Gasteiger partial charge in [-0.3, -0.25) is 14.5 Å². The van der Waals surface area contributed by atoms with Crippen molar-refractivity contribution in [2.24, 2.45) is 0 Å². The summed E-state index contributed by atoms with van der Waals surface area (Å²) in [5.41, 5.74) is 0.272. The molecule has 1 aliphatic rings. The average Bonchev–Trinajstić information content (AvgIpc) is 3.04. The second-order valence-corrected chi connectivity index (χ2v) is 5.17. The second kappa shape index (κ2) is 5.75. The molecule has 0 bridgehead atoms. The maximum absolute atomic E-state index is 13.4. The molecule has 1 aliphatic heterocycles. The Morgan fingerprint density at radius 1 is 1.43 bits per heavy atom. The summed E-state index contributed by atoms with van der Waals surface area (Å²) in [6.07, 6.45) is 0.978. The largest absolute Gasteiger partial charge is 0.502 e. The molecule has 0 spiro atoms. The fraction of sp³-hybridized carbons (Fsp3) is 0.250. The predicted octanol–water partition coefficient (Wildman–Crippen LogP) is 2.84. The number of carbonyl (C=O) groups excluding carboxylic acids is 2. The van der Waals surface area contributed by atoms with Gasteiger partial charge in [0.2, 0.25) is 17.4 Å². The van der Waals surface area contributed by atoms with E-state index in [1.807, 2.05) is 0 Å². The highest BCUT2D eigenvalue weighted by Gasteiger charge is 2.33. The molecule has 1 amide bonds. The average molecular weight is 319 g/mol. The van der Waals surface area contributed by atoms with Gasteiger partial charge in [-0.05, 0) is 18.6 Å². The molecule has 1 aromatic heterocycles. The Labute approximate surface area is 131 Å². The molecule has 23 heavy (non-hydrogen) atoms. The van der Waals surface area contributed by atoms with Crippen molar-refractivity contribution >= 4 is 17.8 Å². The highest BCUT2D eigenvalue weighted by Crippen LogP contribution is 2.48. The van der Waals surface area contributed by atoms with Crippen LogP contribution in [0.4, 0.5) is 10.3 Å². The van der Waals surface area contributed by atoms with Crippen LogP contribution in [0.25, 0.3) is 11.3 Å². The van der Waals surface area contributed by atoms with Gasteiger partial charge in [0.05, 0.1) is 0 Å². The molecule has 2 aromatic rings. The lowest BCUT2D eigenvalue weighted by atomic mass is 10.1. The van der Waals surface area contributed by atoms with Crippen LogP contribution in [-0.2, 0) is 9.59 Å². The van der Waals surface area contributed by atoms with Crippen molar-refractivity contribution in [1.29, 1.82) is 0 Å². The normalized spacial score (nSPS) is 14.3. The van der Waals surface area contributed by atoms with E-state index in [9.17, 15) is 19.1 Å². The van der Waals surface area contributed by atoms with Crippen molar-refractivity contribution in [1.82, 2.24) is 0 Å². The lowest BCUT2D eigenvalue weighted by Crippen LogP contribution is -2.24. The van der Waals surface area contributed by atoms with Gasteiger partial charge in [-0.2, -0.15) is 0 Å². The van der Waals surface area contributed by atoms with Crippen molar-refractivity contribution in [3.8, 4) is 22.8 Å². The summed E-state index contributed by atoms with van der Waals surface area (Å²) in [4.78, 5) is 24.5. The highest BCUT2D eigenvalue weighted by atomic mass is 19.1. The zero-order valence-electron chi connectivity index (χ0n) is 12.3. The number of rotatable bonds is 3. The van der Waals surface area contributed by atoms with Crippen LogP contribution in [0.5, 0.6) is 11.5 Å². The Morgan fingerprint density at radius 2 is 2.22 bits per heavy atom. The van der Waals surface area contributed by atoms with E-state index in [2.05, 4.69) is 0 Å². The van der Waals surface area contributed by atoms with Gasteiger partial charge in [-0.1, -0.05) is 12.1 Å². The summed E-state index contributed by atoms with van der Waals surface area (Å²) >= 11 is 0. The van der Waals surface area contributed by atoms with Crippen LogP contribution in [0, 0.1) is 5.82 Å². The first-order chi connectivity index (χ1) is 11.0. The Balaban J connectivity index is 2.13. The van der Waals surface area contributed by atoms with E-state index in [1.54, 1.807) is 0 Å². The number of amides is 1. The summed E-state index contributed by atoms with van der Waals surface area (Å²) < 4.78 is 23.9. The molecule has 1 aromatic carbocycles. The molecule has 120 valence electrons. The monoisotopic (exact) mass is 319 g/mol. The quantitative estimate of drug-likeness (QED) is 0.880. The van der Waals surface area contributed by atoms with Crippen molar-refractivity contribution in [2.75, 3.05) is 11.4 Å². The molecule has 7 heteroatoms. The zero-order chi connectivity index (χ0) is 16.6. The summed E-state index contributed by atoms with van der Waals surface area (Å²) in [5, 5.41) is 10.3. The van der Waals surface area contributed by atoms with Crippen LogP contribution in [0.15, 0.2) is 28.7 Å². The standard InChI is InChI=1S/C16H14FNO5/c1-9(19)22-15-13(21)14(10-4-2-5-11(17)8-10)23-16(15)18-7-3-6-12(18)20/h2,4-5,8,21H,3,6-7H2,1H3. The SMILES string of the molecule is CC(=O)Oc1c(N2CCCC2=O)oc(-c2cccc(F)c2)c1O. The van der Waals surface area contributed by atoms with E-state index < -0.39 is 17.5 Å². The van der Waals surface area contributed by atoms with Gasteiger partial charge in [0, 0.05) is 25.5 Å². The minimum absolute atomic E-state index is 0.0422. The molecule has 3 rings (SSSR count). The first-order valence-electron chi connectivity index (χ1n) is 7.08. The molecule has 1 fully saturated rings. The molecule has 0 saturated carbocycles. The van der Waals surface area contributed by atoms with Crippen molar-refractivity contribution < 1.29 is 28.2 Å². The number of ether oxygens (including phenoxy) is 1. The molecule has 0 aliphatic carbocycles. The van der Waals surface area contributed by atoms with E-state index >= 15 is 0 Å². The number of furan rings is 1. The number of carbonyl (C=O) groups is 2. The first kappa shape index (κ1) is 15.1. The second-order valence-electron chi connectivity index (χ2n) is 5.17. The van der Waals surface area contributed by atoms with Crippen molar-refractivity contribution in [2.45, 2.75) is 19.8 Å². The number of halogens is 1. The minimum atomic E-state index is -0.667. The fourth-order valence-corrected chi connectivity index (χ4v) is 2.50. The number of hydrogen-bond donors (Lipinski definition) is 1. The van der Waals surface area contributed by atoms with Crippen LogP contribution < -0.4 is 9.64 Å². The number of esters is 1. The molecule has 6 nitrogen and oxygen atoms in total. The van der Waals surface area contributed by atoms with Gasteiger partial charge in [0.15, 0.2) is 5.76 Å². The topological polar surface area (TPSA) is 80.0 Å². The minimum Gasteiger partial charge on any atom is -0.502 e. The van der Waals surface area contributed by atoms with E-state index in [4.69, 9.17) is 9.15 Å². The lowest BCUT2D eigenvalue weighted by Gasteiger charge is -2.13. The van der Waals surface area contributed by atoms with E-state index in [0.29, 0.717) is 19.4 Å². The van der Waals surface area contributed by atoms with Gasteiger partial charge in [-0.25, -0.2) is 4.39 Å². The summed E-state index contributed by atoms with van der Waals surface area (Å²) in [6, 6.07) is 5.42. The molecular weight excluding hydrogens is 305 g/mol. The Morgan fingerprint density at radius 3 is 2.83 bits per heavy atom. The van der Waals surface area contributed by atoms with Gasteiger partial charge >= 0.3 is 5.97 Å². The highest BCUT2D eigenvalue weighted by molar-refractivity contribution is 5.97. The Kier molecular flexibility index (Phi) is 3.77. The summed E-state index contributed by atoms with van der Waals surface area (Å²) in [7, 11) is 0. The number of aromatic hydroxyl groups is 1. The van der Waals surface area contributed by atoms with Crippen LogP contribution >= 0.6 is 0 Å². The lowest BCUT2D eigenvalue weighted by molar-refractivity contribution is -0.132. The number of nitrogens with zero attached hydrogens (tertiary/aromatic N) is 1. The first-order valence-corrected chi connectivity index (χ1v) is 7.08. The smallest absolute Gasteiger partial charge is 0.308 e. The molecule has 0 radical (unpaired) electrons. The Bertz CT molecular complexity index is 783. The van der Waals surface area contributed by atoms with Crippen molar-refractivity contribution in [3.05, 3.63) is 30.1 Å². The summed E-state index contributed by atoms with van der Waals surface area (Å²) in [6.45, 7) is 1.56. The van der Waals surface area contributed by atoms with Gasteiger partial charge in [-0.15, -0.1) is 0 Å². The predicted molar refractivity (Wildman–Crippen MR) is 78.7 cm³/mol. The third kappa shape index (κ3) is 2.77. The van der Waals surface area contributed by atoms with Crippen molar-refractivity contribution in [3.63, 3.8) is 0 Å². The van der Waals surface area contributed by atoms with E-state index in [-0.39, 0.29) is 28.9 Å². The maximum Gasteiger partial charge on any atom is 0.308 e. The Hall–Kier alpha value is -2.83. The van der Waals surface area contributed by atoms with Gasteiger partial charge in [0.25, 0.3) is 5.88 Å². The molecule has 1 N–H and O–H groups in total. The molecule has 2 heterocycles. The number of hydrogen-bond acceptors (Lipinski definition) is 5.